The Morgan fingerprint density at radius 3 is 2.43 bits per heavy atom. The number of amides is 1. The molecule has 4 rings (SSSR count). The Morgan fingerprint density at radius 2 is 1.71 bits per heavy atom. The number of carboxylic acid groups (broad SMARTS) is 1. The van der Waals surface area contributed by atoms with Gasteiger partial charge in [-0.1, -0.05) is 30.3 Å². The van der Waals surface area contributed by atoms with Crippen molar-refractivity contribution < 1.29 is 19.8 Å². The smallest absolute Gasteiger partial charge is 0.322 e. The number of nitrogens with one attached hydrogen (secondary N) is 1. The molecule has 0 aliphatic rings. The van der Waals surface area contributed by atoms with Gasteiger partial charge < -0.3 is 15.5 Å². The molecule has 1 amide bonds. The number of para-hydroxylation sites is 3. The largest absolute Gasteiger partial charge is 0.504 e. The number of benzene rings is 2. The van der Waals surface area contributed by atoms with Crippen LogP contribution in [0.3, 0.4) is 0 Å². The van der Waals surface area contributed by atoms with Gasteiger partial charge in [-0.3, -0.25) is 14.4 Å². The van der Waals surface area contributed by atoms with Crippen LogP contribution in [0.25, 0.3) is 22.4 Å². The molecule has 0 spiro atoms. The number of carboxylic acids is 1. The second kappa shape index (κ2) is 6.54. The van der Waals surface area contributed by atoms with Crippen molar-refractivity contribution in [3.8, 4) is 11.4 Å². The van der Waals surface area contributed by atoms with Crippen LogP contribution >= 0.6 is 0 Å². The summed E-state index contributed by atoms with van der Waals surface area (Å²) in [5.74, 6) is -2.88. The molecule has 0 bridgehead atoms. The van der Waals surface area contributed by atoms with Crippen molar-refractivity contribution in [2.75, 3.05) is 6.54 Å². The molecule has 0 saturated carbocycles. The molecule has 4 aromatic rings. The average Bonchev–Trinajstić information content (AvgIpc) is 3.07. The molecule has 2 aromatic heterocycles. The predicted molar refractivity (Wildman–Crippen MR) is 99.9 cm³/mol. The normalized spacial score (nSPS) is 11.0. The minimum atomic E-state index is -1.27. The molecule has 0 saturated heterocycles. The summed E-state index contributed by atoms with van der Waals surface area (Å²) >= 11 is 0. The first-order chi connectivity index (χ1) is 13.5. The van der Waals surface area contributed by atoms with E-state index in [1.54, 1.807) is 54.6 Å². The van der Waals surface area contributed by atoms with Crippen LogP contribution in [-0.4, -0.2) is 42.8 Å². The topological polar surface area (TPSA) is 126 Å². The third-order valence-electron chi connectivity index (χ3n) is 4.22. The molecule has 0 atom stereocenters. The first kappa shape index (κ1) is 17.3. The highest BCUT2D eigenvalue weighted by atomic mass is 16.4. The minimum absolute atomic E-state index is 0.00475. The second-order valence-electron chi connectivity index (χ2n) is 5.99. The zero-order valence-corrected chi connectivity index (χ0v) is 14.4. The number of fused-ring (bicyclic) bond motifs is 3. The molecule has 2 heterocycles. The Labute approximate surface area is 157 Å². The first-order valence-corrected chi connectivity index (χ1v) is 8.30. The molecule has 3 N–H and O–H groups in total. The van der Waals surface area contributed by atoms with Crippen LogP contribution in [-0.2, 0) is 4.79 Å². The van der Waals surface area contributed by atoms with Gasteiger partial charge >= 0.3 is 5.97 Å². The summed E-state index contributed by atoms with van der Waals surface area (Å²) in [7, 11) is 0. The lowest BCUT2D eigenvalue weighted by Crippen LogP contribution is -2.37. The number of rotatable bonds is 4. The number of nitrogens with zero attached hydrogens (tertiary/aromatic N) is 3. The quantitative estimate of drug-likeness (QED) is 0.489. The molecule has 9 nitrogen and oxygen atoms in total. The van der Waals surface area contributed by atoms with E-state index in [0.717, 1.165) is 0 Å². The van der Waals surface area contributed by atoms with Gasteiger partial charge in [0.2, 0.25) is 0 Å². The fourth-order valence-corrected chi connectivity index (χ4v) is 3.03. The summed E-state index contributed by atoms with van der Waals surface area (Å²) < 4.78 is 2.65. The van der Waals surface area contributed by atoms with Gasteiger partial charge in [0.05, 0.1) is 16.7 Å². The Hall–Kier alpha value is -4.14. The third-order valence-corrected chi connectivity index (χ3v) is 4.22. The molecule has 0 fully saturated rings. The van der Waals surface area contributed by atoms with Crippen molar-refractivity contribution >= 4 is 28.6 Å². The molecular weight excluding hydrogens is 364 g/mol. The van der Waals surface area contributed by atoms with Gasteiger partial charge in [-0.25, -0.2) is 14.2 Å². The highest BCUT2D eigenvalue weighted by Crippen LogP contribution is 2.26. The number of aromatic nitrogens is 3. The van der Waals surface area contributed by atoms with Crippen LogP contribution in [0, 0.1) is 0 Å². The maximum Gasteiger partial charge on any atom is 0.322 e. The van der Waals surface area contributed by atoms with Gasteiger partial charge in [-0.15, -0.1) is 0 Å². The van der Waals surface area contributed by atoms with Gasteiger partial charge in [0.1, 0.15) is 6.54 Å². The van der Waals surface area contributed by atoms with Crippen LogP contribution < -0.4 is 10.9 Å². The highest BCUT2D eigenvalue weighted by Gasteiger charge is 2.25. The zero-order valence-electron chi connectivity index (χ0n) is 14.4. The van der Waals surface area contributed by atoms with Crippen molar-refractivity contribution in [2.24, 2.45) is 0 Å². The second-order valence-corrected chi connectivity index (χ2v) is 5.99. The summed E-state index contributed by atoms with van der Waals surface area (Å²) in [6, 6.07) is 15.5. The van der Waals surface area contributed by atoms with Crippen molar-refractivity contribution in [1.82, 2.24) is 19.5 Å². The lowest BCUT2D eigenvalue weighted by molar-refractivity contribution is -0.135. The molecule has 0 unspecified atom stereocenters. The van der Waals surface area contributed by atoms with Gasteiger partial charge in [-0.05, 0) is 24.3 Å². The molecule has 2 aromatic carbocycles. The highest BCUT2D eigenvalue weighted by molar-refractivity contribution is 6.00. The Balaban J connectivity index is 2.10. The lowest BCUT2D eigenvalue weighted by Gasteiger charge is -2.14. The predicted octanol–water partition coefficient (Wildman–Crippen LogP) is 1.16. The Bertz CT molecular complexity index is 1290. The van der Waals surface area contributed by atoms with Crippen molar-refractivity contribution in [3.05, 3.63) is 70.5 Å². The van der Waals surface area contributed by atoms with Crippen LogP contribution in [0.2, 0.25) is 0 Å². The number of aromatic hydroxyl groups is 1. The summed E-state index contributed by atoms with van der Waals surface area (Å²) in [5.41, 5.74) is 0.157. The van der Waals surface area contributed by atoms with Crippen molar-refractivity contribution in [3.63, 3.8) is 0 Å². The number of aliphatic carboxylic acids is 1. The minimum Gasteiger partial charge on any atom is -0.504 e. The SMILES string of the molecule is O=C(O)CNC(=O)c1c(O)c2nc3ccccc3n2n(-c2ccccc2)c1=O. The van der Waals surface area contributed by atoms with E-state index in [-0.39, 0.29) is 5.65 Å². The fourth-order valence-electron chi connectivity index (χ4n) is 3.03. The summed E-state index contributed by atoms with van der Waals surface area (Å²) in [6.45, 7) is -0.690. The van der Waals surface area contributed by atoms with E-state index in [1.807, 2.05) is 0 Å². The van der Waals surface area contributed by atoms with Gasteiger partial charge in [0.15, 0.2) is 17.0 Å². The van der Waals surface area contributed by atoms with E-state index in [9.17, 15) is 19.5 Å². The van der Waals surface area contributed by atoms with Crippen LogP contribution in [0.1, 0.15) is 10.4 Å². The molecule has 140 valence electrons. The molecule has 0 aliphatic heterocycles. The zero-order chi connectivity index (χ0) is 19.8. The van der Waals surface area contributed by atoms with Gasteiger partial charge in [-0.2, -0.15) is 0 Å². The van der Waals surface area contributed by atoms with Crippen molar-refractivity contribution in [1.29, 1.82) is 0 Å². The number of carbonyl (C=O) groups is 2. The number of hydrogen-bond acceptors (Lipinski definition) is 5. The standard InChI is InChI=1S/C19H14N4O5/c24-14(25)10-20-18(27)15-16(26)17-21-12-8-4-5-9-13(12)23(17)22(19(15)28)11-6-2-1-3-7-11/h1-9,26H,10H2,(H,20,27)(H,24,25). The Morgan fingerprint density at radius 1 is 1.04 bits per heavy atom. The van der Waals surface area contributed by atoms with E-state index >= 15 is 0 Å². The summed E-state index contributed by atoms with van der Waals surface area (Å²) in [5, 5.41) is 21.5. The van der Waals surface area contributed by atoms with Gasteiger partial charge in [0, 0.05) is 0 Å². The van der Waals surface area contributed by atoms with E-state index in [2.05, 4.69) is 10.3 Å². The van der Waals surface area contributed by atoms with Crippen LogP contribution in [0.4, 0.5) is 0 Å². The van der Waals surface area contributed by atoms with Gasteiger partial charge in [0.25, 0.3) is 11.5 Å². The molecule has 0 aliphatic carbocycles. The lowest BCUT2D eigenvalue weighted by atomic mass is 10.2. The maximum atomic E-state index is 13.2. The van der Waals surface area contributed by atoms with E-state index < -0.39 is 35.3 Å². The number of carbonyl (C=O) groups excluding carboxylic acids is 1. The third kappa shape index (κ3) is 2.65. The van der Waals surface area contributed by atoms with Crippen LogP contribution in [0.5, 0.6) is 5.75 Å². The first-order valence-electron chi connectivity index (χ1n) is 8.30. The van der Waals surface area contributed by atoms with E-state index in [4.69, 9.17) is 5.11 Å². The summed E-state index contributed by atoms with van der Waals surface area (Å²) in [4.78, 5) is 40.7. The molecule has 28 heavy (non-hydrogen) atoms. The van der Waals surface area contributed by atoms with E-state index in [1.165, 1.54) is 9.20 Å². The fraction of sp³-hybridized carbons (Fsp3) is 0.0526. The average molecular weight is 378 g/mol. The maximum absolute atomic E-state index is 13.2. The summed E-state index contributed by atoms with van der Waals surface area (Å²) in [6.07, 6.45) is 0. The Kier molecular flexibility index (Phi) is 4.04. The number of hydrogen-bond donors (Lipinski definition) is 3. The van der Waals surface area contributed by atoms with E-state index in [0.29, 0.717) is 16.7 Å². The van der Waals surface area contributed by atoms with Crippen molar-refractivity contribution in [2.45, 2.75) is 0 Å². The molecule has 0 radical (unpaired) electrons. The molecule has 9 heteroatoms. The molecular formula is C19H14N4O5. The monoisotopic (exact) mass is 378 g/mol. The van der Waals surface area contributed by atoms with Crippen LogP contribution in [0.15, 0.2) is 59.4 Å². The number of imidazole rings is 1.